The summed E-state index contributed by atoms with van der Waals surface area (Å²) in [5.41, 5.74) is 13.3. The van der Waals surface area contributed by atoms with Crippen molar-refractivity contribution in [1.82, 2.24) is 0 Å². The summed E-state index contributed by atoms with van der Waals surface area (Å²) in [4.78, 5) is 2.46. The summed E-state index contributed by atoms with van der Waals surface area (Å²) in [6, 6.07) is 68.8. The lowest BCUT2D eigenvalue weighted by atomic mass is 9.90. The lowest BCUT2D eigenvalue weighted by Gasteiger charge is -2.29. The fourth-order valence-corrected chi connectivity index (χ4v) is 8.00. The molecule has 0 radical (unpaired) electrons. The molecule has 9 aromatic rings. The zero-order chi connectivity index (χ0) is 32.3. The highest BCUT2D eigenvalue weighted by Crippen LogP contribution is 2.53. The van der Waals surface area contributed by atoms with Gasteiger partial charge in [0.1, 0.15) is 0 Å². The van der Waals surface area contributed by atoms with E-state index in [4.69, 9.17) is 0 Å². The van der Waals surface area contributed by atoms with Crippen molar-refractivity contribution in [2.24, 2.45) is 0 Å². The monoisotopic (exact) mass is 621 g/mol. The molecule has 1 aliphatic heterocycles. The van der Waals surface area contributed by atoms with Crippen molar-refractivity contribution in [2.45, 2.75) is 0 Å². The van der Waals surface area contributed by atoms with Gasteiger partial charge in [-0.25, -0.2) is 0 Å². The first-order chi connectivity index (χ1) is 24.3. The lowest BCUT2D eigenvalue weighted by Crippen LogP contribution is -2.12. The van der Waals surface area contributed by atoms with E-state index >= 15 is 0 Å². The number of anilines is 3. The van der Waals surface area contributed by atoms with Crippen LogP contribution in [0.1, 0.15) is 0 Å². The molecule has 0 fully saturated rings. The maximum absolute atomic E-state index is 2.46. The Morgan fingerprint density at radius 2 is 0.755 bits per heavy atom. The minimum Gasteiger partial charge on any atom is -0.309 e. The largest absolute Gasteiger partial charge is 0.309 e. The smallest absolute Gasteiger partial charge is 0.0618 e. The molecule has 0 spiro atoms. The van der Waals surface area contributed by atoms with Crippen molar-refractivity contribution in [3.8, 4) is 44.5 Å². The third-order valence-corrected chi connectivity index (χ3v) is 10.2. The molecule has 0 amide bonds. The molecule has 9 aromatic carbocycles. The van der Waals surface area contributed by atoms with Gasteiger partial charge < -0.3 is 4.90 Å². The lowest BCUT2D eigenvalue weighted by molar-refractivity contribution is 1.29. The highest BCUT2D eigenvalue weighted by molar-refractivity contribution is 6.25. The van der Waals surface area contributed by atoms with E-state index in [9.17, 15) is 0 Å². The molecular weight excluding hydrogens is 591 g/mol. The van der Waals surface area contributed by atoms with E-state index in [1.807, 2.05) is 0 Å². The zero-order valence-electron chi connectivity index (χ0n) is 26.8. The summed E-state index contributed by atoms with van der Waals surface area (Å²) in [6.07, 6.45) is 0. The normalized spacial score (nSPS) is 12.0. The molecule has 0 atom stereocenters. The number of nitrogens with zero attached hydrogens (tertiary/aromatic N) is 1. The SMILES string of the molecule is c1ccc(N2c3ccccc3-c3ccccc3-c3cccc(-c4cccc(-c5ccc6c7ccccc7c7ccccc7c6c5)c4)c32)cc1. The van der Waals surface area contributed by atoms with Crippen LogP contribution in [0.25, 0.3) is 76.8 Å². The van der Waals surface area contributed by atoms with E-state index in [1.54, 1.807) is 0 Å². The topological polar surface area (TPSA) is 3.24 Å². The Labute approximate surface area is 286 Å². The predicted octanol–water partition coefficient (Wildman–Crippen LogP) is 13.6. The van der Waals surface area contributed by atoms with Crippen molar-refractivity contribution in [3.63, 3.8) is 0 Å². The molecule has 0 bridgehead atoms. The Kier molecular flexibility index (Phi) is 6.25. The van der Waals surface area contributed by atoms with E-state index in [2.05, 4.69) is 193 Å². The Hall–Kier alpha value is -6.44. The minimum atomic E-state index is 1.14. The zero-order valence-corrected chi connectivity index (χ0v) is 26.8. The number of benzene rings is 9. The molecule has 10 rings (SSSR count). The Balaban J connectivity index is 1.21. The standard InChI is InChI=1S/C48H31N/c1-2-16-35(17-3-1)49-47-27-11-10-24-44(47)40-21-7-8-22-41(40)45-26-13-25-36(48(45)49)34-15-12-14-32(30-34)33-28-29-43-39-20-5-4-18-37(39)38-19-6-9-23-42(38)46(43)31-33/h1-31H. The van der Waals surface area contributed by atoms with Crippen LogP contribution in [0.5, 0.6) is 0 Å². The van der Waals surface area contributed by atoms with E-state index in [-0.39, 0.29) is 0 Å². The molecule has 1 nitrogen and oxygen atoms in total. The van der Waals surface area contributed by atoms with Gasteiger partial charge in [0, 0.05) is 22.4 Å². The molecule has 0 unspecified atom stereocenters. The van der Waals surface area contributed by atoms with Gasteiger partial charge in [-0.1, -0.05) is 158 Å². The quantitative estimate of drug-likeness (QED) is 0.177. The molecule has 0 saturated heterocycles. The second-order valence-electron chi connectivity index (χ2n) is 12.9. The van der Waals surface area contributed by atoms with Crippen LogP contribution in [-0.4, -0.2) is 0 Å². The summed E-state index contributed by atoms with van der Waals surface area (Å²) >= 11 is 0. The van der Waals surface area contributed by atoms with Crippen LogP contribution >= 0.6 is 0 Å². The Morgan fingerprint density at radius 1 is 0.265 bits per heavy atom. The summed E-state index contributed by atoms with van der Waals surface area (Å²) in [6.45, 7) is 0. The number of fused-ring (bicyclic) bond motifs is 11. The minimum absolute atomic E-state index is 1.14. The third kappa shape index (κ3) is 4.33. The van der Waals surface area contributed by atoms with Crippen LogP contribution in [-0.2, 0) is 0 Å². The van der Waals surface area contributed by atoms with Crippen molar-refractivity contribution >= 4 is 49.4 Å². The van der Waals surface area contributed by atoms with Gasteiger partial charge in [-0.2, -0.15) is 0 Å². The van der Waals surface area contributed by atoms with Crippen LogP contribution in [0.2, 0.25) is 0 Å². The number of rotatable bonds is 3. The number of hydrogen-bond donors (Lipinski definition) is 0. The summed E-state index contributed by atoms with van der Waals surface area (Å²) < 4.78 is 0. The molecule has 0 N–H and O–H groups in total. The summed E-state index contributed by atoms with van der Waals surface area (Å²) in [5, 5.41) is 7.76. The van der Waals surface area contributed by atoms with Gasteiger partial charge in [0.05, 0.1) is 11.4 Å². The molecule has 0 aliphatic carbocycles. The van der Waals surface area contributed by atoms with Crippen LogP contribution in [0.3, 0.4) is 0 Å². The van der Waals surface area contributed by atoms with E-state index in [0.717, 1.165) is 5.69 Å². The average molecular weight is 622 g/mol. The molecule has 0 aromatic heterocycles. The molecule has 49 heavy (non-hydrogen) atoms. The second-order valence-corrected chi connectivity index (χ2v) is 12.9. The molecule has 228 valence electrons. The van der Waals surface area contributed by atoms with E-state index in [1.165, 1.54) is 88.2 Å². The first-order valence-corrected chi connectivity index (χ1v) is 16.9. The molecule has 1 heteroatoms. The molecule has 1 heterocycles. The van der Waals surface area contributed by atoms with Gasteiger partial charge in [0.25, 0.3) is 0 Å². The Morgan fingerprint density at radius 3 is 1.49 bits per heavy atom. The first kappa shape index (κ1) is 27.7. The van der Waals surface area contributed by atoms with Crippen LogP contribution in [0.4, 0.5) is 17.1 Å². The van der Waals surface area contributed by atoms with Gasteiger partial charge in [0.2, 0.25) is 0 Å². The average Bonchev–Trinajstić information content (AvgIpc) is 3.31. The van der Waals surface area contributed by atoms with Crippen molar-refractivity contribution in [1.29, 1.82) is 0 Å². The molecule has 0 saturated carbocycles. The van der Waals surface area contributed by atoms with E-state index in [0.29, 0.717) is 0 Å². The molecular formula is C48H31N. The van der Waals surface area contributed by atoms with Crippen molar-refractivity contribution in [3.05, 3.63) is 188 Å². The van der Waals surface area contributed by atoms with Gasteiger partial charge in [-0.05, 0) is 90.5 Å². The fraction of sp³-hybridized carbons (Fsp3) is 0. The van der Waals surface area contributed by atoms with Crippen molar-refractivity contribution in [2.75, 3.05) is 4.90 Å². The predicted molar refractivity (Wildman–Crippen MR) is 209 cm³/mol. The summed E-state index contributed by atoms with van der Waals surface area (Å²) in [5.74, 6) is 0. The van der Waals surface area contributed by atoms with Gasteiger partial charge in [-0.3, -0.25) is 0 Å². The van der Waals surface area contributed by atoms with Gasteiger partial charge in [0.15, 0.2) is 0 Å². The fourth-order valence-electron chi connectivity index (χ4n) is 8.00. The highest BCUT2D eigenvalue weighted by atomic mass is 15.2. The number of hydrogen-bond acceptors (Lipinski definition) is 1. The van der Waals surface area contributed by atoms with Crippen LogP contribution in [0, 0.1) is 0 Å². The first-order valence-electron chi connectivity index (χ1n) is 16.9. The van der Waals surface area contributed by atoms with Crippen LogP contribution < -0.4 is 4.90 Å². The van der Waals surface area contributed by atoms with Crippen LogP contribution in [0.15, 0.2) is 188 Å². The van der Waals surface area contributed by atoms with Crippen molar-refractivity contribution < 1.29 is 0 Å². The Bertz CT molecular complexity index is 2690. The van der Waals surface area contributed by atoms with Gasteiger partial charge in [-0.15, -0.1) is 0 Å². The molecule has 1 aliphatic rings. The number of para-hydroxylation sites is 3. The second kappa shape index (κ2) is 11.1. The summed E-state index contributed by atoms with van der Waals surface area (Å²) in [7, 11) is 0. The van der Waals surface area contributed by atoms with E-state index < -0.39 is 0 Å². The maximum atomic E-state index is 2.46. The highest BCUT2D eigenvalue weighted by Gasteiger charge is 2.28. The van der Waals surface area contributed by atoms with Gasteiger partial charge >= 0.3 is 0 Å². The third-order valence-electron chi connectivity index (χ3n) is 10.2. The maximum Gasteiger partial charge on any atom is 0.0618 e.